The Labute approximate surface area is 139 Å². The van der Waals surface area contributed by atoms with E-state index in [9.17, 15) is 4.79 Å². The Morgan fingerprint density at radius 2 is 1.96 bits per heavy atom. The van der Waals surface area contributed by atoms with E-state index in [2.05, 4.69) is 25.8 Å². The number of nitrogens with one attached hydrogen (secondary N) is 2. The fourth-order valence-electron chi connectivity index (χ4n) is 2.67. The van der Waals surface area contributed by atoms with Crippen molar-refractivity contribution in [1.82, 2.24) is 20.4 Å². The lowest BCUT2D eigenvalue weighted by atomic mass is 9.91. The van der Waals surface area contributed by atoms with E-state index in [0.717, 1.165) is 18.5 Å². The van der Waals surface area contributed by atoms with Crippen molar-refractivity contribution >= 4 is 12.0 Å². The fourth-order valence-corrected chi connectivity index (χ4v) is 2.67. The number of aromatic nitrogens is 3. The van der Waals surface area contributed by atoms with E-state index in [1.54, 1.807) is 13.8 Å². The Hall–Kier alpha value is -2.42. The SMILES string of the molecule is Cc1noc([C@@H](NC(=O)Nc2nc(C)c(C)o2)C2CCOCC2)n1. The van der Waals surface area contributed by atoms with E-state index in [0.29, 0.717) is 30.7 Å². The Bertz CT molecular complexity index is 685. The van der Waals surface area contributed by atoms with Crippen LogP contribution in [0.15, 0.2) is 8.94 Å². The molecule has 9 heteroatoms. The largest absolute Gasteiger partial charge is 0.428 e. The molecule has 2 aromatic rings. The third-order valence-corrected chi connectivity index (χ3v) is 4.08. The quantitative estimate of drug-likeness (QED) is 0.880. The number of carbonyl (C=O) groups excluding carboxylic acids is 1. The molecular formula is C15H21N5O4. The van der Waals surface area contributed by atoms with Crippen LogP contribution in [0.25, 0.3) is 0 Å². The second-order valence-corrected chi connectivity index (χ2v) is 5.87. The maximum atomic E-state index is 12.3. The van der Waals surface area contributed by atoms with Gasteiger partial charge in [-0.05, 0) is 39.5 Å². The Kier molecular flexibility index (Phi) is 4.79. The summed E-state index contributed by atoms with van der Waals surface area (Å²) < 4.78 is 16.0. The highest BCUT2D eigenvalue weighted by Crippen LogP contribution is 2.29. The molecule has 0 radical (unpaired) electrons. The zero-order valence-electron chi connectivity index (χ0n) is 14.0. The number of nitrogens with zero attached hydrogens (tertiary/aromatic N) is 3. The molecule has 2 amide bonds. The molecule has 1 saturated heterocycles. The molecular weight excluding hydrogens is 314 g/mol. The molecule has 2 N–H and O–H groups in total. The summed E-state index contributed by atoms with van der Waals surface area (Å²) in [6.07, 6.45) is 1.62. The van der Waals surface area contributed by atoms with Crippen LogP contribution in [0.1, 0.15) is 42.1 Å². The number of ether oxygens (including phenoxy) is 1. The predicted octanol–water partition coefficient (Wildman–Crippen LogP) is 2.27. The third-order valence-electron chi connectivity index (χ3n) is 4.08. The molecule has 0 aromatic carbocycles. The standard InChI is InChI=1S/C15H21N5O4/c1-8-9(2)23-15(16-8)19-14(21)18-12(11-4-6-22-7-5-11)13-17-10(3)20-24-13/h11-12H,4-7H2,1-3H3,(H2,16,18,19,21)/t12-/m0/s1. The van der Waals surface area contributed by atoms with Crippen molar-refractivity contribution < 1.29 is 18.5 Å². The summed E-state index contributed by atoms with van der Waals surface area (Å²) in [5.41, 5.74) is 0.735. The summed E-state index contributed by atoms with van der Waals surface area (Å²) in [4.78, 5) is 20.7. The first-order chi connectivity index (χ1) is 11.5. The molecule has 1 aliphatic heterocycles. The van der Waals surface area contributed by atoms with Gasteiger partial charge >= 0.3 is 12.0 Å². The van der Waals surface area contributed by atoms with E-state index in [1.165, 1.54) is 0 Å². The zero-order chi connectivity index (χ0) is 17.1. The van der Waals surface area contributed by atoms with E-state index in [-0.39, 0.29) is 18.0 Å². The normalized spacial score (nSPS) is 16.8. The second-order valence-electron chi connectivity index (χ2n) is 5.87. The lowest BCUT2D eigenvalue weighted by molar-refractivity contribution is 0.0506. The molecule has 9 nitrogen and oxygen atoms in total. The van der Waals surface area contributed by atoms with Gasteiger partial charge in [-0.3, -0.25) is 5.32 Å². The molecule has 24 heavy (non-hydrogen) atoms. The van der Waals surface area contributed by atoms with Crippen LogP contribution in [0.2, 0.25) is 0 Å². The fraction of sp³-hybridized carbons (Fsp3) is 0.600. The first kappa shape index (κ1) is 16.4. The van der Waals surface area contributed by atoms with Gasteiger partial charge in [0.05, 0.1) is 5.69 Å². The van der Waals surface area contributed by atoms with Crippen LogP contribution in [0.5, 0.6) is 0 Å². The number of amides is 2. The van der Waals surface area contributed by atoms with Gasteiger partial charge in [-0.1, -0.05) is 5.16 Å². The smallest absolute Gasteiger partial charge is 0.323 e. The molecule has 0 bridgehead atoms. The zero-order valence-corrected chi connectivity index (χ0v) is 14.0. The van der Waals surface area contributed by atoms with Gasteiger partial charge < -0.3 is 19.0 Å². The molecule has 0 aliphatic carbocycles. The van der Waals surface area contributed by atoms with Crippen molar-refractivity contribution in [3.63, 3.8) is 0 Å². The number of rotatable bonds is 4. The van der Waals surface area contributed by atoms with Gasteiger partial charge in [-0.15, -0.1) is 0 Å². The molecule has 130 valence electrons. The van der Waals surface area contributed by atoms with Gasteiger partial charge in [-0.25, -0.2) is 4.79 Å². The first-order valence-corrected chi connectivity index (χ1v) is 7.92. The number of hydrogen-bond acceptors (Lipinski definition) is 7. The Morgan fingerprint density at radius 1 is 1.21 bits per heavy atom. The van der Waals surface area contributed by atoms with E-state index >= 15 is 0 Å². The van der Waals surface area contributed by atoms with Crippen LogP contribution >= 0.6 is 0 Å². The van der Waals surface area contributed by atoms with Crippen LogP contribution in [0.3, 0.4) is 0 Å². The van der Waals surface area contributed by atoms with Crippen molar-refractivity contribution in [2.75, 3.05) is 18.5 Å². The lowest BCUT2D eigenvalue weighted by Gasteiger charge is -2.28. The number of anilines is 1. The number of carbonyl (C=O) groups is 1. The van der Waals surface area contributed by atoms with Crippen LogP contribution in [-0.4, -0.2) is 34.4 Å². The highest BCUT2D eigenvalue weighted by molar-refractivity contribution is 5.87. The first-order valence-electron chi connectivity index (χ1n) is 7.92. The molecule has 1 atom stereocenters. The molecule has 0 saturated carbocycles. The number of hydrogen-bond donors (Lipinski definition) is 2. The summed E-state index contributed by atoms with van der Waals surface area (Å²) in [5.74, 6) is 1.76. The highest BCUT2D eigenvalue weighted by atomic mass is 16.5. The Morgan fingerprint density at radius 3 is 2.54 bits per heavy atom. The van der Waals surface area contributed by atoms with Crippen molar-refractivity contribution in [3.05, 3.63) is 23.2 Å². The third kappa shape index (κ3) is 3.73. The Balaban J connectivity index is 1.71. The maximum Gasteiger partial charge on any atom is 0.323 e. The number of aryl methyl sites for hydroxylation is 3. The summed E-state index contributed by atoms with van der Waals surface area (Å²) in [7, 11) is 0. The van der Waals surface area contributed by atoms with Crippen LogP contribution in [0, 0.1) is 26.7 Å². The second kappa shape index (κ2) is 7.00. The summed E-state index contributed by atoms with van der Waals surface area (Å²) in [6.45, 7) is 6.64. The van der Waals surface area contributed by atoms with E-state index in [1.807, 2.05) is 6.92 Å². The van der Waals surface area contributed by atoms with Crippen molar-refractivity contribution in [3.8, 4) is 0 Å². The van der Waals surface area contributed by atoms with Gasteiger partial charge in [0.1, 0.15) is 11.8 Å². The molecule has 0 unspecified atom stereocenters. The van der Waals surface area contributed by atoms with Crippen LogP contribution in [-0.2, 0) is 4.74 Å². The van der Waals surface area contributed by atoms with Gasteiger partial charge in [-0.2, -0.15) is 9.97 Å². The molecule has 1 aliphatic rings. The summed E-state index contributed by atoms with van der Waals surface area (Å²) in [6, 6.07) is -0.647. The molecule has 2 aromatic heterocycles. The average molecular weight is 335 g/mol. The topological polar surface area (TPSA) is 115 Å². The minimum atomic E-state index is -0.427. The van der Waals surface area contributed by atoms with Crippen LogP contribution < -0.4 is 10.6 Å². The van der Waals surface area contributed by atoms with Crippen molar-refractivity contribution in [2.45, 2.75) is 39.7 Å². The van der Waals surface area contributed by atoms with E-state index < -0.39 is 6.03 Å². The minimum Gasteiger partial charge on any atom is -0.428 e. The van der Waals surface area contributed by atoms with Crippen molar-refractivity contribution in [1.29, 1.82) is 0 Å². The maximum absolute atomic E-state index is 12.3. The van der Waals surface area contributed by atoms with Gasteiger partial charge in [0, 0.05) is 13.2 Å². The number of oxazole rings is 1. The predicted molar refractivity (Wildman–Crippen MR) is 83.5 cm³/mol. The number of urea groups is 1. The molecule has 0 spiro atoms. The molecule has 3 rings (SSSR count). The summed E-state index contributed by atoms with van der Waals surface area (Å²) in [5, 5.41) is 9.31. The van der Waals surface area contributed by atoms with Crippen LogP contribution in [0.4, 0.5) is 10.8 Å². The monoisotopic (exact) mass is 335 g/mol. The van der Waals surface area contributed by atoms with Gasteiger partial charge in [0.2, 0.25) is 5.89 Å². The molecule has 1 fully saturated rings. The molecule has 3 heterocycles. The van der Waals surface area contributed by atoms with Gasteiger partial charge in [0.15, 0.2) is 5.82 Å². The van der Waals surface area contributed by atoms with E-state index in [4.69, 9.17) is 13.7 Å². The average Bonchev–Trinajstić information content (AvgIpc) is 3.12. The summed E-state index contributed by atoms with van der Waals surface area (Å²) >= 11 is 0. The highest BCUT2D eigenvalue weighted by Gasteiger charge is 2.31. The van der Waals surface area contributed by atoms with Crippen molar-refractivity contribution in [2.24, 2.45) is 5.92 Å². The van der Waals surface area contributed by atoms with Gasteiger partial charge in [0.25, 0.3) is 0 Å². The lowest BCUT2D eigenvalue weighted by Crippen LogP contribution is -2.38. The minimum absolute atomic E-state index is 0.162.